The van der Waals surface area contributed by atoms with Crippen LogP contribution in [0, 0.1) is 0 Å². The molecule has 0 aliphatic heterocycles. The highest BCUT2D eigenvalue weighted by Crippen LogP contribution is 2.15. The van der Waals surface area contributed by atoms with E-state index in [0.717, 1.165) is 30.3 Å². The predicted molar refractivity (Wildman–Crippen MR) is 73.8 cm³/mol. The average Bonchev–Trinajstić information content (AvgIpc) is 2.78. The topological polar surface area (TPSA) is 81.1 Å². The maximum Gasteiger partial charge on any atom is 0.323 e. The standard InChI is InChI=1S/C14H19N3O2/c1-14(15,13(18)19)8-4-5-9-17-12-7-3-2-6-11(12)10-16-17/h2-3,6-7,10H,4-5,8-9,15H2,1H3,(H,18,19). The summed E-state index contributed by atoms with van der Waals surface area (Å²) in [4.78, 5) is 10.9. The molecule has 0 radical (unpaired) electrons. The molecule has 1 aromatic carbocycles. The first-order valence-electron chi connectivity index (χ1n) is 6.43. The molecule has 2 rings (SSSR count). The van der Waals surface area contributed by atoms with E-state index in [1.54, 1.807) is 6.92 Å². The number of carboxylic acids is 1. The first kappa shape index (κ1) is 13.5. The quantitative estimate of drug-likeness (QED) is 0.779. The molecule has 0 fully saturated rings. The van der Waals surface area contributed by atoms with Crippen LogP contribution in [0.2, 0.25) is 0 Å². The summed E-state index contributed by atoms with van der Waals surface area (Å²) in [6.45, 7) is 2.34. The molecule has 2 aromatic rings. The number of aryl methyl sites for hydroxylation is 1. The van der Waals surface area contributed by atoms with Gasteiger partial charge in [0.1, 0.15) is 5.54 Å². The Morgan fingerprint density at radius 2 is 2.16 bits per heavy atom. The van der Waals surface area contributed by atoms with E-state index >= 15 is 0 Å². The van der Waals surface area contributed by atoms with Crippen molar-refractivity contribution in [2.75, 3.05) is 0 Å². The highest BCUT2D eigenvalue weighted by atomic mass is 16.4. The van der Waals surface area contributed by atoms with Crippen LogP contribution in [-0.2, 0) is 11.3 Å². The summed E-state index contributed by atoms with van der Waals surface area (Å²) in [5.74, 6) is -0.947. The first-order chi connectivity index (χ1) is 9.00. The normalized spacial score (nSPS) is 14.4. The summed E-state index contributed by atoms with van der Waals surface area (Å²) in [5, 5.41) is 14.4. The maximum atomic E-state index is 10.9. The molecule has 3 N–H and O–H groups in total. The van der Waals surface area contributed by atoms with Gasteiger partial charge in [-0.2, -0.15) is 5.10 Å². The molecule has 0 bridgehead atoms. The molecule has 102 valence electrons. The van der Waals surface area contributed by atoms with Gasteiger partial charge >= 0.3 is 5.97 Å². The van der Waals surface area contributed by atoms with Crippen molar-refractivity contribution in [1.82, 2.24) is 9.78 Å². The number of rotatable bonds is 6. The number of aliphatic carboxylic acids is 1. The van der Waals surface area contributed by atoms with Gasteiger partial charge in [-0.05, 0) is 32.3 Å². The number of carbonyl (C=O) groups is 1. The number of carboxylic acid groups (broad SMARTS) is 1. The second-order valence-electron chi connectivity index (χ2n) is 5.11. The summed E-state index contributed by atoms with van der Waals surface area (Å²) in [5.41, 5.74) is 5.66. The van der Waals surface area contributed by atoms with Gasteiger partial charge in [0, 0.05) is 11.9 Å². The molecule has 5 heteroatoms. The molecule has 5 nitrogen and oxygen atoms in total. The Labute approximate surface area is 112 Å². The summed E-state index contributed by atoms with van der Waals surface area (Å²) in [6, 6.07) is 8.04. The van der Waals surface area contributed by atoms with E-state index < -0.39 is 11.5 Å². The van der Waals surface area contributed by atoms with Gasteiger partial charge in [-0.15, -0.1) is 0 Å². The Kier molecular flexibility index (Phi) is 3.85. The van der Waals surface area contributed by atoms with E-state index in [9.17, 15) is 4.79 Å². The minimum absolute atomic E-state index is 0.474. The van der Waals surface area contributed by atoms with E-state index in [-0.39, 0.29) is 0 Å². The highest BCUT2D eigenvalue weighted by molar-refractivity contribution is 5.78. The molecule has 0 aliphatic carbocycles. The van der Waals surface area contributed by atoms with Crippen LogP contribution in [0.4, 0.5) is 0 Å². The van der Waals surface area contributed by atoms with Crippen LogP contribution in [-0.4, -0.2) is 26.4 Å². The van der Waals surface area contributed by atoms with Crippen molar-refractivity contribution in [3.63, 3.8) is 0 Å². The molecule has 0 spiro atoms. The lowest BCUT2D eigenvalue weighted by Crippen LogP contribution is -2.44. The molecule has 1 unspecified atom stereocenters. The van der Waals surface area contributed by atoms with Crippen LogP contribution in [0.3, 0.4) is 0 Å². The van der Waals surface area contributed by atoms with E-state index in [2.05, 4.69) is 5.10 Å². The van der Waals surface area contributed by atoms with Crippen molar-refractivity contribution in [2.24, 2.45) is 5.73 Å². The van der Waals surface area contributed by atoms with Crippen LogP contribution in [0.5, 0.6) is 0 Å². The van der Waals surface area contributed by atoms with Crippen molar-refractivity contribution in [3.8, 4) is 0 Å². The summed E-state index contributed by atoms with van der Waals surface area (Å²) >= 11 is 0. The summed E-state index contributed by atoms with van der Waals surface area (Å²) < 4.78 is 1.95. The average molecular weight is 261 g/mol. The lowest BCUT2D eigenvalue weighted by atomic mass is 9.96. The van der Waals surface area contributed by atoms with Gasteiger partial charge in [0.05, 0.1) is 11.7 Å². The van der Waals surface area contributed by atoms with Gasteiger partial charge in [-0.3, -0.25) is 9.48 Å². The Morgan fingerprint density at radius 1 is 1.42 bits per heavy atom. The lowest BCUT2D eigenvalue weighted by Gasteiger charge is -2.18. The fourth-order valence-corrected chi connectivity index (χ4v) is 2.06. The number of aromatic nitrogens is 2. The first-order valence-corrected chi connectivity index (χ1v) is 6.43. The third-order valence-electron chi connectivity index (χ3n) is 3.36. The van der Waals surface area contributed by atoms with Crippen LogP contribution >= 0.6 is 0 Å². The Morgan fingerprint density at radius 3 is 2.89 bits per heavy atom. The van der Waals surface area contributed by atoms with Gasteiger partial charge in [-0.25, -0.2) is 0 Å². The fourth-order valence-electron chi connectivity index (χ4n) is 2.06. The Bertz CT molecular complexity index is 575. The number of hydrogen-bond acceptors (Lipinski definition) is 3. The van der Waals surface area contributed by atoms with E-state index in [1.807, 2.05) is 35.1 Å². The van der Waals surface area contributed by atoms with Gasteiger partial charge < -0.3 is 10.8 Å². The van der Waals surface area contributed by atoms with Crippen molar-refractivity contribution in [2.45, 2.75) is 38.3 Å². The van der Waals surface area contributed by atoms with Gasteiger partial charge in [0.2, 0.25) is 0 Å². The zero-order chi connectivity index (χ0) is 13.9. The maximum absolute atomic E-state index is 10.9. The number of nitrogens with two attached hydrogens (primary N) is 1. The molecule has 1 atom stereocenters. The Balaban J connectivity index is 1.88. The van der Waals surface area contributed by atoms with Crippen LogP contribution in [0.25, 0.3) is 10.9 Å². The molecule has 1 heterocycles. The second kappa shape index (κ2) is 5.40. The van der Waals surface area contributed by atoms with E-state index in [1.165, 1.54) is 0 Å². The number of hydrogen-bond donors (Lipinski definition) is 2. The SMILES string of the molecule is CC(N)(CCCCn1ncc2ccccc21)C(=O)O. The minimum atomic E-state index is -1.13. The smallest absolute Gasteiger partial charge is 0.323 e. The largest absolute Gasteiger partial charge is 0.480 e. The number of nitrogens with zero attached hydrogens (tertiary/aromatic N) is 2. The predicted octanol–water partition coefficient (Wildman–Crippen LogP) is 2.01. The zero-order valence-electron chi connectivity index (χ0n) is 11.0. The third-order valence-corrected chi connectivity index (χ3v) is 3.36. The molecular weight excluding hydrogens is 242 g/mol. The van der Waals surface area contributed by atoms with Crippen LogP contribution in [0.1, 0.15) is 26.2 Å². The molecule has 0 aliphatic rings. The molecule has 0 saturated carbocycles. The highest BCUT2D eigenvalue weighted by Gasteiger charge is 2.26. The Hall–Kier alpha value is -1.88. The van der Waals surface area contributed by atoms with Crippen molar-refractivity contribution < 1.29 is 9.90 Å². The third kappa shape index (κ3) is 3.12. The number of unbranched alkanes of at least 4 members (excludes halogenated alkanes) is 1. The van der Waals surface area contributed by atoms with E-state index in [0.29, 0.717) is 6.42 Å². The molecular formula is C14H19N3O2. The molecule has 19 heavy (non-hydrogen) atoms. The second-order valence-corrected chi connectivity index (χ2v) is 5.11. The van der Waals surface area contributed by atoms with Crippen LogP contribution < -0.4 is 5.73 Å². The minimum Gasteiger partial charge on any atom is -0.480 e. The fraction of sp³-hybridized carbons (Fsp3) is 0.429. The van der Waals surface area contributed by atoms with Crippen molar-refractivity contribution in [1.29, 1.82) is 0 Å². The van der Waals surface area contributed by atoms with Crippen molar-refractivity contribution in [3.05, 3.63) is 30.5 Å². The summed E-state index contributed by atoms with van der Waals surface area (Å²) in [6.07, 6.45) is 3.96. The lowest BCUT2D eigenvalue weighted by molar-refractivity contribution is -0.142. The zero-order valence-corrected chi connectivity index (χ0v) is 11.0. The monoisotopic (exact) mass is 261 g/mol. The summed E-state index contributed by atoms with van der Waals surface area (Å²) in [7, 11) is 0. The van der Waals surface area contributed by atoms with Crippen molar-refractivity contribution >= 4 is 16.9 Å². The molecule has 0 saturated heterocycles. The number of benzene rings is 1. The molecule has 1 aromatic heterocycles. The van der Waals surface area contributed by atoms with Gasteiger partial charge in [0.15, 0.2) is 0 Å². The van der Waals surface area contributed by atoms with Crippen LogP contribution in [0.15, 0.2) is 30.5 Å². The van der Waals surface area contributed by atoms with Gasteiger partial charge in [0.25, 0.3) is 0 Å². The number of para-hydroxylation sites is 1. The van der Waals surface area contributed by atoms with Gasteiger partial charge in [-0.1, -0.05) is 18.2 Å². The number of fused-ring (bicyclic) bond motifs is 1. The molecule has 0 amide bonds. The van der Waals surface area contributed by atoms with E-state index in [4.69, 9.17) is 10.8 Å².